The molecule has 1 aromatic rings. The van der Waals surface area contributed by atoms with Crippen molar-refractivity contribution in [1.29, 1.82) is 0 Å². The molecule has 0 spiro atoms. The van der Waals surface area contributed by atoms with Crippen LogP contribution in [0.5, 0.6) is 0 Å². The van der Waals surface area contributed by atoms with Gasteiger partial charge in [0.2, 0.25) is 0 Å². The highest BCUT2D eigenvalue weighted by molar-refractivity contribution is 5.71. The predicted octanol–water partition coefficient (Wildman–Crippen LogP) is 6.22. The largest absolute Gasteiger partial charge is 0.0804 e. The molecular weight excluding hydrogens is 264 g/mol. The Hall–Kier alpha value is -1.82. The lowest BCUT2D eigenvalue weighted by Crippen LogP contribution is -2.20. The van der Waals surface area contributed by atoms with Crippen molar-refractivity contribution in [3.63, 3.8) is 0 Å². The lowest BCUT2D eigenvalue weighted by molar-refractivity contribution is 0.596. The number of hydrogen-bond donors (Lipinski definition) is 0. The van der Waals surface area contributed by atoms with Crippen LogP contribution in [0.2, 0.25) is 0 Å². The van der Waals surface area contributed by atoms with E-state index in [-0.39, 0.29) is 5.41 Å². The molecule has 0 N–H and O–H groups in total. The van der Waals surface area contributed by atoms with E-state index in [1.807, 2.05) is 0 Å². The van der Waals surface area contributed by atoms with Crippen LogP contribution in [0, 0.1) is 5.92 Å². The van der Waals surface area contributed by atoms with Crippen molar-refractivity contribution in [3.8, 4) is 0 Å². The quantitative estimate of drug-likeness (QED) is 0.606. The molecule has 0 nitrogen and oxygen atoms in total. The van der Waals surface area contributed by atoms with E-state index >= 15 is 0 Å². The third-order valence-electron chi connectivity index (χ3n) is 5.12. The first kappa shape index (κ1) is 15.1. The molecule has 3 rings (SSSR count). The number of hydrogen-bond acceptors (Lipinski definition) is 0. The molecule has 2 unspecified atom stereocenters. The van der Waals surface area contributed by atoms with Crippen molar-refractivity contribution >= 4 is 5.57 Å². The van der Waals surface area contributed by atoms with Gasteiger partial charge in [-0.05, 0) is 49.3 Å². The molecule has 0 bridgehead atoms. The fourth-order valence-corrected chi connectivity index (χ4v) is 3.53. The molecule has 1 aromatic carbocycles. The van der Waals surface area contributed by atoms with Crippen LogP contribution in [0.1, 0.15) is 51.7 Å². The summed E-state index contributed by atoms with van der Waals surface area (Å²) in [6.45, 7) is 9.08. The Labute approximate surface area is 135 Å². The molecule has 114 valence electrons. The van der Waals surface area contributed by atoms with E-state index < -0.39 is 0 Å². The second-order valence-electron chi connectivity index (χ2n) is 7.22. The van der Waals surface area contributed by atoms with Gasteiger partial charge in [0, 0.05) is 5.41 Å². The molecule has 22 heavy (non-hydrogen) atoms. The summed E-state index contributed by atoms with van der Waals surface area (Å²) in [4.78, 5) is 0. The van der Waals surface area contributed by atoms with Crippen LogP contribution in [0.15, 0.2) is 65.8 Å². The standard InChI is InChI=1S/C22H26/c1-16-10-12-22(4,13-11-16)20-7-5-6-19(15-20)21-9-8-17(2)14-18(21)3/h5-12,15,18H,13-14H2,1-4H3. The highest BCUT2D eigenvalue weighted by Gasteiger charge is 2.25. The molecule has 0 amide bonds. The van der Waals surface area contributed by atoms with E-state index in [4.69, 9.17) is 0 Å². The summed E-state index contributed by atoms with van der Waals surface area (Å²) in [5.41, 5.74) is 7.26. The van der Waals surface area contributed by atoms with Gasteiger partial charge >= 0.3 is 0 Å². The van der Waals surface area contributed by atoms with Crippen molar-refractivity contribution in [2.45, 2.75) is 46.0 Å². The van der Waals surface area contributed by atoms with Gasteiger partial charge in [-0.2, -0.15) is 0 Å². The highest BCUT2D eigenvalue weighted by Crippen LogP contribution is 2.37. The summed E-state index contributed by atoms with van der Waals surface area (Å²) in [5.74, 6) is 0.608. The molecule has 0 saturated heterocycles. The first-order valence-electron chi connectivity index (χ1n) is 8.32. The summed E-state index contributed by atoms with van der Waals surface area (Å²) in [7, 11) is 0. The van der Waals surface area contributed by atoms with Gasteiger partial charge in [-0.15, -0.1) is 0 Å². The number of benzene rings is 1. The molecule has 0 radical (unpaired) electrons. The zero-order valence-electron chi connectivity index (χ0n) is 14.2. The van der Waals surface area contributed by atoms with Crippen molar-refractivity contribution in [3.05, 3.63) is 76.9 Å². The van der Waals surface area contributed by atoms with E-state index in [9.17, 15) is 0 Å². The van der Waals surface area contributed by atoms with Crippen LogP contribution >= 0.6 is 0 Å². The van der Waals surface area contributed by atoms with Crippen molar-refractivity contribution in [2.75, 3.05) is 0 Å². The topological polar surface area (TPSA) is 0 Å². The first-order valence-corrected chi connectivity index (χ1v) is 8.32. The Morgan fingerprint density at radius 1 is 1.14 bits per heavy atom. The average Bonchev–Trinajstić information content (AvgIpc) is 2.51. The normalized spacial score (nSPS) is 28.0. The third kappa shape index (κ3) is 2.88. The fraction of sp³-hybridized carbons (Fsp3) is 0.364. The Balaban J connectivity index is 1.96. The van der Waals surface area contributed by atoms with Crippen LogP contribution in [0.3, 0.4) is 0 Å². The fourth-order valence-electron chi connectivity index (χ4n) is 3.53. The summed E-state index contributed by atoms with van der Waals surface area (Å²) in [6, 6.07) is 9.15. The van der Waals surface area contributed by atoms with E-state index in [2.05, 4.69) is 82.3 Å². The molecule has 0 aromatic heterocycles. The Morgan fingerprint density at radius 3 is 2.64 bits per heavy atom. The Morgan fingerprint density at radius 2 is 1.95 bits per heavy atom. The minimum absolute atomic E-state index is 0.125. The smallest absolute Gasteiger partial charge is 0.0142 e. The van der Waals surface area contributed by atoms with Crippen molar-refractivity contribution in [2.24, 2.45) is 5.92 Å². The Kier molecular flexibility index (Phi) is 3.95. The van der Waals surface area contributed by atoms with Gasteiger partial charge in [-0.25, -0.2) is 0 Å². The molecular formula is C22H26. The maximum Gasteiger partial charge on any atom is 0.0142 e. The van der Waals surface area contributed by atoms with Gasteiger partial charge in [0.15, 0.2) is 0 Å². The molecule has 0 heteroatoms. The van der Waals surface area contributed by atoms with Gasteiger partial charge in [0.25, 0.3) is 0 Å². The van der Waals surface area contributed by atoms with Gasteiger partial charge in [0.05, 0.1) is 0 Å². The van der Waals surface area contributed by atoms with Gasteiger partial charge in [0.1, 0.15) is 0 Å². The Bertz CT molecular complexity index is 697. The molecule has 0 saturated carbocycles. The van der Waals surface area contributed by atoms with Crippen molar-refractivity contribution < 1.29 is 0 Å². The lowest BCUT2D eigenvalue weighted by atomic mass is 9.75. The minimum atomic E-state index is 0.125. The zero-order chi connectivity index (χ0) is 15.7. The van der Waals surface area contributed by atoms with Crippen molar-refractivity contribution in [1.82, 2.24) is 0 Å². The van der Waals surface area contributed by atoms with Crippen LogP contribution in [-0.4, -0.2) is 0 Å². The van der Waals surface area contributed by atoms with E-state index in [1.54, 1.807) is 0 Å². The maximum atomic E-state index is 2.40. The van der Waals surface area contributed by atoms with Gasteiger partial charge in [-0.1, -0.05) is 79.6 Å². The van der Waals surface area contributed by atoms with E-state index in [0.717, 1.165) is 6.42 Å². The molecule has 0 heterocycles. The maximum absolute atomic E-state index is 2.40. The summed E-state index contributed by atoms with van der Waals surface area (Å²) in [5, 5.41) is 0. The molecule has 2 aliphatic carbocycles. The highest BCUT2D eigenvalue weighted by atomic mass is 14.3. The van der Waals surface area contributed by atoms with Crippen LogP contribution in [-0.2, 0) is 5.41 Å². The predicted molar refractivity (Wildman–Crippen MR) is 96.8 cm³/mol. The van der Waals surface area contributed by atoms with Gasteiger partial charge < -0.3 is 0 Å². The summed E-state index contributed by atoms with van der Waals surface area (Å²) >= 11 is 0. The second kappa shape index (κ2) is 5.76. The number of rotatable bonds is 2. The lowest BCUT2D eigenvalue weighted by Gasteiger charge is -2.29. The summed E-state index contributed by atoms with van der Waals surface area (Å²) < 4.78 is 0. The zero-order valence-corrected chi connectivity index (χ0v) is 14.2. The molecule has 2 aliphatic rings. The monoisotopic (exact) mass is 290 g/mol. The second-order valence-corrected chi connectivity index (χ2v) is 7.22. The SMILES string of the molecule is CC1=CCC(C)(c2cccc(C3=CC=C(C)CC3C)c2)C=C1. The molecule has 0 aliphatic heterocycles. The van der Waals surface area contributed by atoms with E-state index in [1.165, 1.54) is 34.3 Å². The first-order chi connectivity index (χ1) is 10.5. The third-order valence-corrected chi connectivity index (χ3v) is 5.12. The molecule has 0 fully saturated rings. The number of allylic oxidation sites excluding steroid dienone is 8. The minimum Gasteiger partial charge on any atom is -0.0804 e. The van der Waals surface area contributed by atoms with Crippen LogP contribution in [0.4, 0.5) is 0 Å². The van der Waals surface area contributed by atoms with Gasteiger partial charge in [-0.3, -0.25) is 0 Å². The van der Waals surface area contributed by atoms with Crippen LogP contribution < -0.4 is 0 Å². The summed E-state index contributed by atoms with van der Waals surface area (Å²) in [6.07, 6.45) is 13.8. The average molecular weight is 290 g/mol. The van der Waals surface area contributed by atoms with E-state index in [0.29, 0.717) is 5.92 Å². The molecule has 2 atom stereocenters. The van der Waals surface area contributed by atoms with Crippen LogP contribution in [0.25, 0.3) is 5.57 Å².